The average molecular weight is 695 g/mol. The number of nitrogens with zero attached hydrogens (tertiary/aromatic N) is 2. The molecule has 0 spiro atoms. The van der Waals surface area contributed by atoms with Crippen molar-refractivity contribution in [2.75, 3.05) is 4.90 Å². The maximum atomic E-state index is 2.45. The van der Waals surface area contributed by atoms with Crippen LogP contribution in [0.5, 0.6) is 0 Å². The van der Waals surface area contributed by atoms with Gasteiger partial charge in [-0.05, 0) is 129 Å². The standard InChI is InChI=1S/C52H42N2/c1-35-18-30-50-46(32-35)47-33-39(23-31-51(47)54(50)42-26-19-37(20-27-42)36-12-6-4-7-13-36)38-21-24-41(25-22-38)53(40-14-8-5-9-15-40)43-28-29-45-44-16-10-11-17-48(44)52(2,3)49(45)34-43/h4-31,33-35H,32H2,1-3H3. The topological polar surface area (TPSA) is 8.17 Å². The van der Waals surface area contributed by atoms with Gasteiger partial charge in [0, 0.05) is 39.2 Å². The van der Waals surface area contributed by atoms with Gasteiger partial charge < -0.3 is 9.47 Å². The van der Waals surface area contributed by atoms with Crippen molar-refractivity contribution in [3.63, 3.8) is 0 Å². The first-order valence-corrected chi connectivity index (χ1v) is 19.2. The summed E-state index contributed by atoms with van der Waals surface area (Å²) >= 11 is 0. The molecule has 2 aliphatic carbocycles. The third kappa shape index (κ3) is 5.24. The minimum absolute atomic E-state index is 0.0653. The number of hydrogen-bond donors (Lipinski definition) is 0. The predicted octanol–water partition coefficient (Wildman–Crippen LogP) is 13.9. The molecule has 0 fully saturated rings. The van der Waals surface area contributed by atoms with E-state index in [0.29, 0.717) is 5.92 Å². The fourth-order valence-electron chi connectivity index (χ4n) is 8.96. The number of fused-ring (bicyclic) bond motifs is 6. The van der Waals surface area contributed by atoms with Crippen LogP contribution in [0.15, 0.2) is 176 Å². The van der Waals surface area contributed by atoms with E-state index in [0.717, 1.165) is 17.8 Å². The fraction of sp³-hybridized carbons (Fsp3) is 0.115. The first-order valence-electron chi connectivity index (χ1n) is 19.2. The lowest BCUT2D eigenvalue weighted by Crippen LogP contribution is -2.16. The van der Waals surface area contributed by atoms with Gasteiger partial charge in [-0.2, -0.15) is 0 Å². The average Bonchev–Trinajstić information content (AvgIpc) is 3.66. The Labute approximate surface area is 318 Å². The van der Waals surface area contributed by atoms with Gasteiger partial charge in [-0.1, -0.05) is 136 Å². The molecule has 0 aliphatic heterocycles. The van der Waals surface area contributed by atoms with Crippen LogP contribution in [-0.2, 0) is 11.8 Å². The summed E-state index contributed by atoms with van der Waals surface area (Å²) in [5, 5.41) is 1.34. The van der Waals surface area contributed by atoms with Gasteiger partial charge in [0.25, 0.3) is 0 Å². The summed E-state index contributed by atoms with van der Waals surface area (Å²) in [7, 11) is 0. The van der Waals surface area contributed by atoms with Crippen molar-refractivity contribution in [2.24, 2.45) is 5.92 Å². The quantitative estimate of drug-likeness (QED) is 0.168. The molecule has 0 N–H and O–H groups in total. The molecule has 0 radical (unpaired) electrons. The van der Waals surface area contributed by atoms with Crippen LogP contribution in [0.4, 0.5) is 17.1 Å². The van der Waals surface area contributed by atoms with Crippen LogP contribution in [0.1, 0.15) is 43.2 Å². The summed E-state index contributed by atoms with van der Waals surface area (Å²) in [4.78, 5) is 2.39. The number of aromatic nitrogens is 1. The molecular weight excluding hydrogens is 653 g/mol. The van der Waals surface area contributed by atoms with E-state index in [4.69, 9.17) is 0 Å². The Hall–Kier alpha value is -6.38. The highest BCUT2D eigenvalue weighted by Crippen LogP contribution is 2.50. The number of para-hydroxylation sites is 1. The van der Waals surface area contributed by atoms with Gasteiger partial charge in [0.05, 0.1) is 5.52 Å². The lowest BCUT2D eigenvalue weighted by atomic mass is 9.82. The second-order valence-corrected chi connectivity index (χ2v) is 15.5. The van der Waals surface area contributed by atoms with E-state index < -0.39 is 0 Å². The summed E-state index contributed by atoms with van der Waals surface area (Å²) in [5.41, 5.74) is 18.9. The van der Waals surface area contributed by atoms with Crippen LogP contribution in [0.25, 0.3) is 56.0 Å². The SMILES string of the molecule is CC1C=Cc2c(c3cc(-c4ccc(N(c5ccccc5)c5ccc6c(c5)C(C)(C)c5ccccc5-6)cc4)ccc3n2-c2ccc(-c3ccccc3)cc2)C1. The van der Waals surface area contributed by atoms with Gasteiger partial charge in [-0.25, -0.2) is 0 Å². The first-order chi connectivity index (χ1) is 26.4. The van der Waals surface area contributed by atoms with E-state index in [1.807, 2.05) is 0 Å². The Morgan fingerprint density at radius 3 is 1.91 bits per heavy atom. The number of anilines is 3. The third-order valence-electron chi connectivity index (χ3n) is 11.8. The smallest absolute Gasteiger partial charge is 0.0538 e. The molecule has 10 rings (SSSR count). The second-order valence-electron chi connectivity index (χ2n) is 15.5. The monoisotopic (exact) mass is 694 g/mol. The van der Waals surface area contributed by atoms with Gasteiger partial charge >= 0.3 is 0 Å². The van der Waals surface area contributed by atoms with E-state index in [9.17, 15) is 0 Å². The summed E-state index contributed by atoms with van der Waals surface area (Å²) in [6.45, 7) is 7.02. The summed E-state index contributed by atoms with van der Waals surface area (Å²) < 4.78 is 2.45. The maximum Gasteiger partial charge on any atom is 0.0538 e. The molecule has 54 heavy (non-hydrogen) atoms. The maximum absolute atomic E-state index is 2.45. The van der Waals surface area contributed by atoms with Gasteiger partial charge in [-0.15, -0.1) is 0 Å². The number of rotatable bonds is 6. The molecule has 1 unspecified atom stereocenters. The molecule has 7 aromatic carbocycles. The second kappa shape index (κ2) is 12.6. The molecule has 0 saturated carbocycles. The Morgan fingerprint density at radius 2 is 1.13 bits per heavy atom. The van der Waals surface area contributed by atoms with Crippen molar-refractivity contribution >= 4 is 34.0 Å². The van der Waals surface area contributed by atoms with E-state index >= 15 is 0 Å². The molecule has 0 saturated heterocycles. The molecule has 2 aliphatic rings. The van der Waals surface area contributed by atoms with Crippen molar-refractivity contribution < 1.29 is 0 Å². The zero-order chi connectivity index (χ0) is 36.4. The highest BCUT2D eigenvalue weighted by molar-refractivity contribution is 5.94. The Balaban J connectivity index is 1.03. The summed E-state index contributed by atoms with van der Waals surface area (Å²) in [6.07, 6.45) is 5.73. The predicted molar refractivity (Wildman–Crippen MR) is 228 cm³/mol. The molecule has 1 atom stereocenters. The van der Waals surface area contributed by atoms with E-state index in [2.05, 4.69) is 212 Å². The van der Waals surface area contributed by atoms with E-state index in [1.165, 1.54) is 78.0 Å². The van der Waals surface area contributed by atoms with Gasteiger partial charge in [-0.3, -0.25) is 0 Å². The fourth-order valence-corrected chi connectivity index (χ4v) is 8.96. The molecule has 2 heteroatoms. The summed E-state index contributed by atoms with van der Waals surface area (Å²) in [6, 6.07) is 62.4. The third-order valence-corrected chi connectivity index (χ3v) is 11.8. The zero-order valence-electron chi connectivity index (χ0n) is 31.0. The van der Waals surface area contributed by atoms with E-state index in [-0.39, 0.29) is 5.41 Å². The highest BCUT2D eigenvalue weighted by Gasteiger charge is 2.35. The van der Waals surface area contributed by atoms with Gasteiger partial charge in [0.2, 0.25) is 0 Å². The molecule has 0 bridgehead atoms. The molecule has 1 aromatic heterocycles. The lowest BCUT2D eigenvalue weighted by Gasteiger charge is -2.28. The van der Waals surface area contributed by atoms with Crippen LogP contribution >= 0.6 is 0 Å². The molecule has 0 amide bonds. The number of allylic oxidation sites excluding steroid dienone is 1. The molecule has 1 heterocycles. The normalized spacial score (nSPS) is 15.1. The van der Waals surface area contributed by atoms with Crippen LogP contribution in [0.2, 0.25) is 0 Å². The minimum atomic E-state index is -0.0653. The van der Waals surface area contributed by atoms with Crippen molar-refractivity contribution in [3.8, 4) is 39.1 Å². The largest absolute Gasteiger partial charge is 0.310 e. The summed E-state index contributed by atoms with van der Waals surface area (Å²) in [5.74, 6) is 0.503. The molecule has 8 aromatic rings. The van der Waals surface area contributed by atoms with Gasteiger partial charge in [0.1, 0.15) is 0 Å². The minimum Gasteiger partial charge on any atom is -0.310 e. The molecule has 260 valence electrons. The zero-order valence-corrected chi connectivity index (χ0v) is 31.0. The van der Waals surface area contributed by atoms with Crippen molar-refractivity contribution in [1.82, 2.24) is 4.57 Å². The van der Waals surface area contributed by atoms with Crippen LogP contribution in [-0.4, -0.2) is 4.57 Å². The Kier molecular flexibility index (Phi) is 7.56. The van der Waals surface area contributed by atoms with Crippen molar-refractivity contribution in [1.29, 1.82) is 0 Å². The molecule has 2 nitrogen and oxygen atoms in total. The number of hydrogen-bond acceptors (Lipinski definition) is 1. The van der Waals surface area contributed by atoms with Crippen molar-refractivity contribution in [2.45, 2.75) is 32.6 Å². The molecular formula is C52H42N2. The van der Waals surface area contributed by atoms with E-state index in [1.54, 1.807) is 0 Å². The van der Waals surface area contributed by atoms with Crippen LogP contribution in [0.3, 0.4) is 0 Å². The Bertz CT molecular complexity index is 2700. The highest BCUT2D eigenvalue weighted by atomic mass is 15.1. The lowest BCUT2D eigenvalue weighted by molar-refractivity contribution is 0.660. The number of benzene rings is 7. The van der Waals surface area contributed by atoms with Crippen molar-refractivity contribution in [3.05, 3.63) is 198 Å². The van der Waals surface area contributed by atoms with Crippen LogP contribution < -0.4 is 4.90 Å². The van der Waals surface area contributed by atoms with Crippen LogP contribution in [0, 0.1) is 5.92 Å². The first kappa shape index (κ1) is 32.3. The Morgan fingerprint density at radius 1 is 0.537 bits per heavy atom. The van der Waals surface area contributed by atoms with Gasteiger partial charge in [0.15, 0.2) is 0 Å².